The second kappa shape index (κ2) is 64.1. The molecule has 0 spiro atoms. The fraction of sp³-hybridized carbons (Fsp3) is 0.944. The Kier molecular flexibility index (Phi) is 62.7. The standard InChI is InChI=1S/C72H140O17P2/c1-7-9-11-13-15-17-19-20-23-26-30-37-43-49-55-70(75)83-60-67(88-71(76)56-50-44-38-31-27-24-21-22-25-28-34-40-46-52-64(3)4)62-86-90(78,79)84-58-66(73)59-85-91(80,81)87-63-68(61-82-69(74)54-48-42-36-29-18-16-14-12-10-8-2)89-72(77)57-51-45-39-33-32-35-41-47-53-65(5)6/h64-68,73H,7-63H2,1-6H3,(H,78,79)(H,80,81)/t66-,67-,68-/m1/s1. The van der Waals surface area contributed by atoms with Crippen molar-refractivity contribution >= 4 is 39.5 Å². The summed E-state index contributed by atoms with van der Waals surface area (Å²) in [7, 11) is -9.90. The minimum Gasteiger partial charge on any atom is -0.462 e. The molecule has 540 valence electrons. The molecule has 5 atom stereocenters. The summed E-state index contributed by atoms with van der Waals surface area (Å²) in [6.45, 7) is 9.54. The maximum atomic E-state index is 13.0. The molecule has 0 aromatic heterocycles. The molecule has 0 amide bonds. The van der Waals surface area contributed by atoms with Crippen molar-refractivity contribution < 1.29 is 80.2 Å². The quantitative estimate of drug-likeness (QED) is 0.0222. The number of rotatable bonds is 71. The molecule has 2 unspecified atom stereocenters. The van der Waals surface area contributed by atoms with Crippen molar-refractivity contribution in [3.63, 3.8) is 0 Å². The van der Waals surface area contributed by atoms with Gasteiger partial charge in [-0.25, -0.2) is 9.13 Å². The second-order valence-electron chi connectivity index (χ2n) is 26.9. The third-order valence-electron chi connectivity index (χ3n) is 16.7. The molecule has 17 nitrogen and oxygen atoms in total. The molecule has 19 heteroatoms. The van der Waals surface area contributed by atoms with Crippen LogP contribution < -0.4 is 0 Å². The molecular weight excluding hydrogens is 1200 g/mol. The zero-order valence-corrected chi connectivity index (χ0v) is 60.9. The van der Waals surface area contributed by atoms with E-state index in [-0.39, 0.29) is 25.7 Å². The van der Waals surface area contributed by atoms with Gasteiger partial charge in [0.25, 0.3) is 0 Å². The molecule has 0 aromatic carbocycles. The van der Waals surface area contributed by atoms with Crippen molar-refractivity contribution in [1.82, 2.24) is 0 Å². The Bertz CT molecular complexity index is 1770. The van der Waals surface area contributed by atoms with Gasteiger partial charge in [-0.3, -0.25) is 37.3 Å². The van der Waals surface area contributed by atoms with Gasteiger partial charge >= 0.3 is 39.5 Å². The average Bonchev–Trinajstić information content (AvgIpc) is 2.46. The van der Waals surface area contributed by atoms with Gasteiger partial charge in [0.05, 0.1) is 26.4 Å². The number of esters is 4. The number of aliphatic hydroxyl groups is 1. The third-order valence-corrected chi connectivity index (χ3v) is 18.6. The molecule has 0 rings (SSSR count). The predicted molar refractivity (Wildman–Crippen MR) is 368 cm³/mol. The zero-order valence-electron chi connectivity index (χ0n) is 59.1. The molecule has 0 bridgehead atoms. The smallest absolute Gasteiger partial charge is 0.462 e. The first-order valence-electron chi connectivity index (χ1n) is 37.5. The van der Waals surface area contributed by atoms with Crippen LogP contribution >= 0.6 is 15.6 Å². The van der Waals surface area contributed by atoms with Gasteiger partial charge in [-0.05, 0) is 37.5 Å². The predicted octanol–water partition coefficient (Wildman–Crippen LogP) is 20.8. The molecule has 0 saturated heterocycles. The molecule has 0 aliphatic heterocycles. The lowest BCUT2D eigenvalue weighted by molar-refractivity contribution is -0.161. The highest BCUT2D eigenvalue weighted by Gasteiger charge is 2.30. The molecule has 0 saturated carbocycles. The SMILES string of the molecule is CCCCCCCCCCCCCCCCC(=O)OC[C@H](COP(=O)(O)OC[C@@H](O)COP(=O)(O)OC[C@@H](COC(=O)CCCCCCCCCCCC)OC(=O)CCCCCCCCCCC(C)C)OC(=O)CCCCCCCCCCCCCCCC(C)C. The van der Waals surface area contributed by atoms with E-state index in [1.54, 1.807) is 0 Å². The number of phosphoric ester groups is 2. The number of phosphoric acid groups is 2. The molecule has 0 aromatic rings. The Morgan fingerprint density at radius 3 is 0.747 bits per heavy atom. The van der Waals surface area contributed by atoms with Gasteiger partial charge in [-0.2, -0.15) is 0 Å². The minimum atomic E-state index is -4.95. The number of unbranched alkanes of at least 4 members (excludes halogenated alkanes) is 41. The van der Waals surface area contributed by atoms with Crippen molar-refractivity contribution in [1.29, 1.82) is 0 Å². The van der Waals surface area contributed by atoms with Crippen LogP contribution in [-0.2, 0) is 65.4 Å². The highest BCUT2D eigenvalue weighted by atomic mass is 31.2. The lowest BCUT2D eigenvalue weighted by atomic mass is 10.0. The Balaban J connectivity index is 5.24. The van der Waals surface area contributed by atoms with E-state index in [1.807, 2.05) is 0 Å². The number of aliphatic hydroxyl groups excluding tert-OH is 1. The van der Waals surface area contributed by atoms with E-state index in [2.05, 4.69) is 41.5 Å². The topological polar surface area (TPSA) is 237 Å². The van der Waals surface area contributed by atoms with E-state index in [1.165, 1.54) is 186 Å². The largest absolute Gasteiger partial charge is 0.472 e. The van der Waals surface area contributed by atoms with Gasteiger partial charge in [0.2, 0.25) is 0 Å². The van der Waals surface area contributed by atoms with Crippen LogP contribution in [0.15, 0.2) is 0 Å². The van der Waals surface area contributed by atoms with Crippen LogP contribution in [-0.4, -0.2) is 96.7 Å². The summed E-state index contributed by atoms with van der Waals surface area (Å²) in [5.41, 5.74) is 0. The normalized spacial score (nSPS) is 14.1. The van der Waals surface area contributed by atoms with Gasteiger partial charge in [-0.1, -0.05) is 318 Å². The van der Waals surface area contributed by atoms with Crippen molar-refractivity contribution in [2.45, 2.75) is 387 Å². The van der Waals surface area contributed by atoms with Gasteiger partial charge in [-0.15, -0.1) is 0 Å². The Morgan fingerprint density at radius 2 is 0.505 bits per heavy atom. The maximum absolute atomic E-state index is 13.0. The molecule has 0 radical (unpaired) electrons. The summed E-state index contributed by atoms with van der Waals surface area (Å²) >= 11 is 0. The summed E-state index contributed by atoms with van der Waals surface area (Å²) in [5, 5.41) is 10.6. The van der Waals surface area contributed by atoms with E-state index in [4.69, 9.17) is 37.0 Å². The first-order valence-corrected chi connectivity index (χ1v) is 40.5. The van der Waals surface area contributed by atoms with E-state index < -0.39 is 97.5 Å². The Hall–Kier alpha value is -1.94. The van der Waals surface area contributed by atoms with E-state index in [0.717, 1.165) is 102 Å². The number of hydrogen-bond donors (Lipinski definition) is 3. The molecule has 0 fully saturated rings. The van der Waals surface area contributed by atoms with Crippen molar-refractivity contribution in [3.8, 4) is 0 Å². The van der Waals surface area contributed by atoms with Gasteiger partial charge < -0.3 is 33.8 Å². The number of hydrogen-bond acceptors (Lipinski definition) is 15. The Morgan fingerprint density at radius 1 is 0.297 bits per heavy atom. The van der Waals surface area contributed by atoms with Crippen LogP contribution in [0.4, 0.5) is 0 Å². The molecule has 0 aliphatic carbocycles. The van der Waals surface area contributed by atoms with Gasteiger partial charge in [0.1, 0.15) is 19.3 Å². The molecule has 0 heterocycles. The molecule has 0 aliphatic rings. The van der Waals surface area contributed by atoms with Crippen LogP contribution in [0.1, 0.15) is 369 Å². The molecular formula is C72H140O17P2. The third kappa shape index (κ3) is 66.5. The van der Waals surface area contributed by atoms with Crippen LogP contribution in [0, 0.1) is 11.8 Å². The summed E-state index contributed by atoms with van der Waals surface area (Å²) in [5.74, 6) is -0.616. The first kappa shape index (κ1) is 89.1. The first-order chi connectivity index (χ1) is 43.9. The van der Waals surface area contributed by atoms with Gasteiger partial charge in [0.15, 0.2) is 12.2 Å². The van der Waals surface area contributed by atoms with Crippen LogP contribution in [0.25, 0.3) is 0 Å². The van der Waals surface area contributed by atoms with Gasteiger partial charge in [0, 0.05) is 25.7 Å². The lowest BCUT2D eigenvalue weighted by Gasteiger charge is -2.21. The summed E-state index contributed by atoms with van der Waals surface area (Å²) in [6.07, 6.45) is 49.9. The highest BCUT2D eigenvalue weighted by Crippen LogP contribution is 2.45. The van der Waals surface area contributed by atoms with Crippen molar-refractivity contribution in [2.75, 3.05) is 39.6 Å². The van der Waals surface area contributed by atoms with Crippen molar-refractivity contribution in [2.24, 2.45) is 11.8 Å². The number of carbonyl (C=O) groups is 4. The molecule has 91 heavy (non-hydrogen) atoms. The summed E-state index contributed by atoms with van der Waals surface area (Å²) in [6, 6.07) is 0. The van der Waals surface area contributed by atoms with Crippen LogP contribution in [0.3, 0.4) is 0 Å². The minimum absolute atomic E-state index is 0.105. The second-order valence-corrected chi connectivity index (χ2v) is 29.8. The average molecular weight is 1340 g/mol. The monoisotopic (exact) mass is 1340 g/mol. The fourth-order valence-electron chi connectivity index (χ4n) is 10.9. The van der Waals surface area contributed by atoms with E-state index in [9.17, 15) is 43.2 Å². The number of ether oxygens (including phenoxy) is 4. The van der Waals surface area contributed by atoms with Crippen molar-refractivity contribution in [3.05, 3.63) is 0 Å². The summed E-state index contributed by atoms with van der Waals surface area (Å²) < 4.78 is 68.4. The van der Waals surface area contributed by atoms with Crippen LogP contribution in [0.5, 0.6) is 0 Å². The van der Waals surface area contributed by atoms with E-state index in [0.29, 0.717) is 25.7 Å². The Labute approximate surface area is 556 Å². The van der Waals surface area contributed by atoms with E-state index >= 15 is 0 Å². The fourth-order valence-corrected chi connectivity index (χ4v) is 12.5. The molecule has 3 N–H and O–H groups in total. The highest BCUT2D eigenvalue weighted by molar-refractivity contribution is 7.47. The van der Waals surface area contributed by atoms with Crippen LogP contribution in [0.2, 0.25) is 0 Å². The lowest BCUT2D eigenvalue weighted by Crippen LogP contribution is -2.30. The summed E-state index contributed by atoms with van der Waals surface area (Å²) in [4.78, 5) is 72.6. The maximum Gasteiger partial charge on any atom is 0.472 e. The zero-order chi connectivity index (χ0) is 67.2. The number of carbonyl (C=O) groups excluding carboxylic acids is 4.